The van der Waals surface area contributed by atoms with E-state index in [1.165, 1.54) is 11.8 Å². The number of nitrogens with one attached hydrogen (secondary N) is 1. The van der Waals surface area contributed by atoms with Crippen LogP contribution >= 0.6 is 11.8 Å². The SMILES string of the molecule is CCOc1ccccc1NC(=O)[C@H](C)Sc1nc2ccccc2c(=O)n1[C@H](C)CC. The summed E-state index contributed by atoms with van der Waals surface area (Å²) in [6, 6.07) is 14.6. The zero-order valence-electron chi connectivity index (χ0n) is 17.7. The smallest absolute Gasteiger partial charge is 0.262 e. The number of fused-ring (bicyclic) bond motifs is 1. The fourth-order valence-corrected chi connectivity index (χ4v) is 4.09. The second-order valence-electron chi connectivity index (χ2n) is 7.02. The topological polar surface area (TPSA) is 73.2 Å². The van der Waals surface area contributed by atoms with Crippen LogP contribution in [0.4, 0.5) is 5.69 Å². The second-order valence-corrected chi connectivity index (χ2v) is 8.33. The Balaban J connectivity index is 1.90. The van der Waals surface area contributed by atoms with Crippen LogP contribution in [0, 0.1) is 0 Å². The van der Waals surface area contributed by atoms with Gasteiger partial charge in [0.25, 0.3) is 5.56 Å². The molecule has 1 N–H and O–H groups in total. The maximum absolute atomic E-state index is 13.1. The lowest BCUT2D eigenvalue weighted by molar-refractivity contribution is -0.115. The maximum atomic E-state index is 13.1. The number of nitrogens with zero attached hydrogens (tertiary/aromatic N) is 2. The molecule has 2 aromatic carbocycles. The molecule has 1 amide bonds. The minimum Gasteiger partial charge on any atom is -0.492 e. The molecular formula is C23H27N3O3S. The van der Waals surface area contributed by atoms with Crippen LogP contribution < -0.4 is 15.6 Å². The van der Waals surface area contributed by atoms with Crippen molar-refractivity contribution >= 4 is 34.3 Å². The molecule has 3 rings (SSSR count). The van der Waals surface area contributed by atoms with Gasteiger partial charge in [-0.25, -0.2) is 4.98 Å². The number of hydrogen-bond donors (Lipinski definition) is 1. The van der Waals surface area contributed by atoms with Crippen molar-refractivity contribution in [1.29, 1.82) is 0 Å². The summed E-state index contributed by atoms with van der Waals surface area (Å²) in [5.74, 6) is 0.455. The third-order valence-electron chi connectivity index (χ3n) is 4.90. The molecule has 2 atom stereocenters. The van der Waals surface area contributed by atoms with Gasteiger partial charge in [-0.15, -0.1) is 0 Å². The van der Waals surface area contributed by atoms with Gasteiger partial charge >= 0.3 is 0 Å². The number of carbonyl (C=O) groups excluding carboxylic acids is 1. The van der Waals surface area contributed by atoms with Crippen LogP contribution in [0.15, 0.2) is 58.5 Å². The summed E-state index contributed by atoms with van der Waals surface area (Å²) < 4.78 is 7.28. The van der Waals surface area contributed by atoms with E-state index in [-0.39, 0.29) is 17.5 Å². The van der Waals surface area contributed by atoms with Crippen molar-refractivity contribution < 1.29 is 9.53 Å². The van der Waals surface area contributed by atoms with Crippen LogP contribution in [0.5, 0.6) is 5.75 Å². The van der Waals surface area contributed by atoms with Crippen molar-refractivity contribution in [2.75, 3.05) is 11.9 Å². The monoisotopic (exact) mass is 425 g/mol. The zero-order valence-corrected chi connectivity index (χ0v) is 18.5. The van der Waals surface area contributed by atoms with E-state index >= 15 is 0 Å². The molecule has 0 saturated heterocycles. The highest BCUT2D eigenvalue weighted by atomic mass is 32.2. The van der Waals surface area contributed by atoms with Crippen LogP contribution in [0.1, 0.15) is 40.2 Å². The van der Waals surface area contributed by atoms with Gasteiger partial charge < -0.3 is 10.1 Å². The first-order chi connectivity index (χ1) is 14.5. The molecule has 30 heavy (non-hydrogen) atoms. The molecule has 6 nitrogen and oxygen atoms in total. The number of aromatic nitrogens is 2. The predicted octanol–water partition coefficient (Wildman–Crippen LogP) is 4.89. The number of hydrogen-bond acceptors (Lipinski definition) is 5. The standard InChI is InChI=1S/C23H27N3O3S/c1-5-15(3)26-22(28)17-11-7-8-12-18(17)25-23(26)30-16(4)21(27)24-19-13-9-10-14-20(19)29-6-2/h7-16H,5-6H2,1-4H3,(H,24,27)/t15-,16+/m1/s1. The van der Waals surface area contributed by atoms with Gasteiger partial charge in [0.1, 0.15) is 5.75 Å². The Morgan fingerprint density at radius 1 is 1.13 bits per heavy atom. The average Bonchev–Trinajstić information content (AvgIpc) is 2.75. The van der Waals surface area contributed by atoms with E-state index in [0.29, 0.717) is 34.1 Å². The van der Waals surface area contributed by atoms with Gasteiger partial charge in [0.05, 0.1) is 28.4 Å². The minimum atomic E-state index is -0.456. The lowest BCUT2D eigenvalue weighted by Gasteiger charge is -2.20. The van der Waals surface area contributed by atoms with Crippen molar-refractivity contribution in [2.45, 2.75) is 50.6 Å². The highest BCUT2D eigenvalue weighted by molar-refractivity contribution is 8.00. The molecule has 7 heteroatoms. The first-order valence-electron chi connectivity index (χ1n) is 10.2. The molecule has 0 unspecified atom stereocenters. The van der Waals surface area contributed by atoms with E-state index in [1.807, 2.05) is 70.2 Å². The molecule has 0 aliphatic carbocycles. The predicted molar refractivity (Wildman–Crippen MR) is 123 cm³/mol. The number of carbonyl (C=O) groups is 1. The Bertz CT molecular complexity index is 1100. The Morgan fingerprint density at radius 3 is 2.57 bits per heavy atom. The average molecular weight is 426 g/mol. The van der Waals surface area contributed by atoms with Gasteiger partial charge in [0.15, 0.2) is 5.16 Å². The third-order valence-corrected chi connectivity index (χ3v) is 5.97. The van der Waals surface area contributed by atoms with Crippen molar-refractivity contribution in [3.05, 3.63) is 58.9 Å². The van der Waals surface area contributed by atoms with Crippen LogP contribution in [0.3, 0.4) is 0 Å². The lowest BCUT2D eigenvalue weighted by atomic mass is 10.2. The first-order valence-corrected chi connectivity index (χ1v) is 11.0. The summed E-state index contributed by atoms with van der Waals surface area (Å²) in [6.45, 7) is 8.24. The Morgan fingerprint density at radius 2 is 1.83 bits per heavy atom. The molecule has 3 aromatic rings. The van der Waals surface area contributed by atoms with E-state index in [2.05, 4.69) is 5.32 Å². The molecule has 0 bridgehead atoms. The van der Waals surface area contributed by atoms with Crippen LogP contribution in [0.25, 0.3) is 10.9 Å². The van der Waals surface area contributed by atoms with Crippen molar-refractivity contribution in [1.82, 2.24) is 9.55 Å². The van der Waals surface area contributed by atoms with Crippen LogP contribution in [-0.4, -0.2) is 27.3 Å². The molecular weight excluding hydrogens is 398 g/mol. The first kappa shape index (κ1) is 21.9. The van der Waals surface area contributed by atoms with Crippen molar-refractivity contribution in [3.8, 4) is 5.75 Å². The van der Waals surface area contributed by atoms with Crippen molar-refractivity contribution in [3.63, 3.8) is 0 Å². The molecule has 1 heterocycles. The molecule has 158 valence electrons. The van der Waals surface area contributed by atoms with Gasteiger partial charge in [-0.2, -0.15) is 0 Å². The number of thioether (sulfide) groups is 1. The second kappa shape index (κ2) is 9.80. The highest BCUT2D eigenvalue weighted by Gasteiger charge is 2.22. The number of anilines is 1. The molecule has 0 fully saturated rings. The molecule has 0 spiro atoms. The number of para-hydroxylation sites is 3. The van der Waals surface area contributed by atoms with Crippen LogP contribution in [-0.2, 0) is 4.79 Å². The number of benzene rings is 2. The normalized spacial score (nSPS) is 13.1. The Labute approximate surface area is 180 Å². The van der Waals surface area contributed by atoms with Gasteiger partial charge in [0, 0.05) is 6.04 Å². The number of ether oxygens (including phenoxy) is 1. The zero-order chi connectivity index (χ0) is 21.7. The summed E-state index contributed by atoms with van der Waals surface area (Å²) in [5, 5.41) is 3.61. The Kier molecular flexibility index (Phi) is 7.15. The summed E-state index contributed by atoms with van der Waals surface area (Å²) in [6.07, 6.45) is 0.787. The van der Waals surface area contributed by atoms with Gasteiger partial charge in [0.2, 0.25) is 5.91 Å². The Hall–Kier alpha value is -2.80. The quantitative estimate of drug-likeness (QED) is 0.411. The van der Waals surface area contributed by atoms with Crippen molar-refractivity contribution in [2.24, 2.45) is 0 Å². The van der Waals surface area contributed by atoms with Gasteiger partial charge in [-0.3, -0.25) is 14.2 Å². The largest absolute Gasteiger partial charge is 0.492 e. The van der Waals surface area contributed by atoms with Crippen LogP contribution in [0.2, 0.25) is 0 Å². The fourth-order valence-electron chi connectivity index (χ4n) is 3.08. The molecule has 1 aromatic heterocycles. The molecule has 0 saturated carbocycles. The minimum absolute atomic E-state index is 0.0222. The van der Waals surface area contributed by atoms with Gasteiger partial charge in [-0.05, 0) is 51.5 Å². The summed E-state index contributed by atoms with van der Waals surface area (Å²) in [5.41, 5.74) is 1.19. The van der Waals surface area contributed by atoms with E-state index in [4.69, 9.17) is 9.72 Å². The maximum Gasteiger partial charge on any atom is 0.262 e. The number of rotatable bonds is 8. The summed E-state index contributed by atoms with van der Waals surface area (Å²) in [7, 11) is 0. The fraction of sp³-hybridized carbons (Fsp3) is 0.348. The van der Waals surface area contributed by atoms with E-state index in [1.54, 1.807) is 10.6 Å². The third kappa shape index (κ3) is 4.67. The van der Waals surface area contributed by atoms with Gasteiger partial charge in [-0.1, -0.05) is 43.0 Å². The summed E-state index contributed by atoms with van der Waals surface area (Å²) >= 11 is 1.29. The molecule has 0 aliphatic heterocycles. The van der Waals surface area contributed by atoms with E-state index in [0.717, 1.165) is 6.42 Å². The number of amides is 1. The lowest BCUT2D eigenvalue weighted by Crippen LogP contribution is -2.28. The molecule has 0 radical (unpaired) electrons. The van der Waals surface area contributed by atoms with E-state index < -0.39 is 5.25 Å². The summed E-state index contributed by atoms with van der Waals surface area (Å²) in [4.78, 5) is 30.7. The molecule has 0 aliphatic rings. The highest BCUT2D eigenvalue weighted by Crippen LogP contribution is 2.28. The van der Waals surface area contributed by atoms with E-state index in [9.17, 15) is 9.59 Å².